The molecule has 0 saturated heterocycles. The van der Waals surface area contributed by atoms with Gasteiger partial charge in [0, 0.05) is 11.4 Å². The van der Waals surface area contributed by atoms with E-state index in [4.69, 9.17) is 11.6 Å². The van der Waals surface area contributed by atoms with Crippen LogP contribution in [0.15, 0.2) is 53.3 Å². The number of benzene rings is 2. The van der Waals surface area contributed by atoms with Gasteiger partial charge in [-0.15, -0.1) is 0 Å². The zero-order valence-corrected chi connectivity index (χ0v) is 16.9. The fourth-order valence-corrected chi connectivity index (χ4v) is 3.06. The number of hydrogen-bond acceptors (Lipinski definition) is 3. The van der Waals surface area contributed by atoms with Gasteiger partial charge in [-0.2, -0.15) is 5.10 Å². The smallest absolute Gasteiger partial charge is 0.225 e. The van der Waals surface area contributed by atoms with Crippen molar-refractivity contribution in [3.05, 3.63) is 75.0 Å². The number of anilines is 1. The summed E-state index contributed by atoms with van der Waals surface area (Å²) in [5, 5.41) is 7.93. The van der Waals surface area contributed by atoms with E-state index in [-0.39, 0.29) is 11.3 Å². The first-order valence-corrected chi connectivity index (χ1v) is 9.55. The van der Waals surface area contributed by atoms with Gasteiger partial charge in [0.15, 0.2) is 0 Å². The molecule has 6 heteroatoms. The lowest BCUT2D eigenvalue weighted by Crippen LogP contribution is -2.24. The number of rotatable bonds is 5. The zero-order valence-electron chi connectivity index (χ0n) is 16.1. The van der Waals surface area contributed by atoms with Gasteiger partial charge in [-0.1, -0.05) is 48.4 Å². The molecule has 28 heavy (non-hydrogen) atoms. The van der Waals surface area contributed by atoms with Crippen LogP contribution in [0, 0.1) is 13.8 Å². The summed E-state index contributed by atoms with van der Waals surface area (Å²) in [4.78, 5) is 25.4. The molecule has 3 rings (SSSR count). The van der Waals surface area contributed by atoms with Crippen molar-refractivity contribution in [2.24, 2.45) is 0 Å². The second kappa shape index (κ2) is 8.40. The van der Waals surface area contributed by atoms with E-state index < -0.39 is 0 Å². The molecule has 0 atom stereocenters. The van der Waals surface area contributed by atoms with Gasteiger partial charge in [0.1, 0.15) is 11.5 Å². The molecule has 3 aromatic rings. The van der Waals surface area contributed by atoms with Crippen LogP contribution < -0.4 is 10.7 Å². The van der Waals surface area contributed by atoms with Gasteiger partial charge in [0.2, 0.25) is 11.3 Å². The Balaban J connectivity index is 2.29. The lowest BCUT2D eigenvalue weighted by atomic mass is 10.1. The van der Waals surface area contributed by atoms with E-state index in [1.54, 1.807) is 35.9 Å². The Morgan fingerprint density at radius 3 is 2.32 bits per heavy atom. The Kier molecular flexibility index (Phi) is 5.95. The minimum atomic E-state index is -0.225. The van der Waals surface area contributed by atoms with Gasteiger partial charge < -0.3 is 5.32 Å². The van der Waals surface area contributed by atoms with Crippen LogP contribution in [-0.2, 0) is 4.79 Å². The van der Waals surface area contributed by atoms with Crippen molar-refractivity contribution in [3.63, 3.8) is 0 Å². The third-order valence-corrected chi connectivity index (χ3v) is 4.65. The van der Waals surface area contributed by atoms with E-state index >= 15 is 0 Å². The number of hydrogen-bond donors (Lipinski definition) is 1. The first-order chi connectivity index (χ1) is 13.4. The first-order valence-electron chi connectivity index (χ1n) is 9.17. The van der Waals surface area contributed by atoms with Gasteiger partial charge in [-0.05, 0) is 50.1 Å². The van der Waals surface area contributed by atoms with E-state index in [1.165, 1.54) is 0 Å². The Bertz CT molecular complexity index is 1050. The monoisotopic (exact) mass is 395 g/mol. The summed E-state index contributed by atoms with van der Waals surface area (Å²) in [5.74, 6) is 0.198. The molecule has 0 aliphatic heterocycles. The molecule has 0 radical (unpaired) electrons. The van der Waals surface area contributed by atoms with Crippen molar-refractivity contribution in [1.82, 2.24) is 9.78 Å². The highest BCUT2D eigenvalue weighted by molar-refractivity contribution is 6.30. The van der Waals surface area contributed by atoms with E-state index in [2.05, 4.69) is 10.4 Å². The Labute approximate surface area is 169 Å². The van der Waals surface area contributed by atoms with Crippen LogP contribution in [-0.4, -0.2) is 15.7 Å². The summed E-state index contributed by atoms with van der Waals surface area (Å²) in [6.07, 6.45) is 1.06. The maximum absolute atomic E-state index is 13.0. The number of nitrogens with one attached hydrogen (secondary N) is 1. The van der Waals surface area contributed by atoms with Crippen LogP contribution in [0.2, 0.25) is 5.02 Å². The maximum atomic E-state index is 13.0. The Hall–Kier alpha value is -2.92. The van der Waals surface area contributed by atoms with E-state index in [0.717, 1.165) is 11.3 Å². The third-order valence-electron chi connectivity index (χ3n) is 4.40. The number of carbonyl (C=O) groups excluding carboxylic acids is 1. The molecule has 0 fully saturated rings. The number of aryl methyl sites for hydroxylation is 2. The fraction of sp³-hybridized carbons (Fsp3) is 0.227. The molecule has 0 aliphatic rings. The molecule has 144 valence electrons. The van der Waals surface area contributed by atoms with Crippen LogP contribution in [0.3, 0.4) is 0 Å². The molecule has 0 spiro atoms. The highest BCUT2D eigenvalue weighted by atomic mass is 35.5. The maximum Gasteiger partial charge on any atom is 0.225 e. The van der Waals surface area contributed by atoms with Gasteiger partial charge in [0.05, 0.1) is 11.3 Å². The van der Waals surface area contributed by atoms with Crippen LogP contribution >= 0.6 is 11.6 Å². The van der Waals surface area contributed by atoms with Gasteiger partial charge in [0.25, 0.3) is 0 Å². The Morgan fingerprint density at radius 2 is 1.71 bits per heavy atom. The third kappa shape index (κ3) is 4.15. The minimum Gasteiger partial charge on any atom is -0.310 e. The molecular weight excluding hydrogens is 374 g/mol. The normalized spacial score (nSPS) is 10.7. The number of aromatic nitrogens is 2. The topological polar surface area (TPSA) is 64.0 Å². The molecule has 2 aromatic carbocycles. The second-order valence-corrected chi connectivity index (χ2v) is 7.13. The van der Waals surface area contributed by atoms with Crippen molar-refractivity contribution in [2.75, 3.05) is 5.32 Å². The lowest BCUT2D eigenvalue weighted by molar-refractivity contribution is -0.116. The van der Waals surface area contributed by atoms with Crippen LogP contribution in [0.25, 0.3) is 16.8 Å². The quantitative estimate of drug-likeness (QED) is 0.667. The number of amides is 1. The van der Waals surface area contributed by atoms with Crippen molar-refractivity contribution in [2.45, 2.75) is 33.6 Å². The molecule has 1 aromatic heterocycles. The standard InChI is InChI=1S/C22H22ClN3O2/c1-4-5-19(27)24-22-20(16-8-10-17(23)11-9-16)21(28)15(3)25-26(22)18-12-6-14(2)7-13-18/h6-13H,4-5H2,1-3H3,(H,24,27). The number of carbonyl (C=O) groups is 1. The summed E-state index contributed by atoms with van der Waals surface area (Å²) in [6, 6.07) is 14.7. The molecule has 1 heterocycles. The van der Waals surface area contributed by atoms with Gasteiger partial charge in [-0.25, -0.2) is 4.68 Å². The lowest BCUT2D eigenvalue weighted by Gasteiger charge is -2.18. The minimum absolute atomic E-state index is 0.163. The van der Waals surface area contributed by atoms with Crippen molar-refractivity contribution in [3.8, 4) is 16.8 Å². The molecule has 1 amide bonds. The van der Waals surface area contributed by atoms with E-state index in [1.807, 2.05) is 38.1 Å². The highest BCUT2D eigenvalue weighted by Gasteiger charge is 2.20. The average molecular weight is 396 g/mol. The van der Waals surface area contributed by atoms with E-state index in [9.17, 15) is 9.59 Å². The Morgan fingerprint density at radius 1 is 1.07 bits per heavy atom. The summed E-state index contributed by atoms with van der Waals surface area (Å²) in [6.45, 7) is 5.60. The second-order valence-electron chi connectivity index (χ2n) is 6.69. The molecule has 0 bridgehead atoms. The number of halogens is 1. The molecule has 0 saturated carbocycles. The molecule has 0 aliphatic carbocycles. The SMILES string of the molecule is CCCC(=O)Nc1c(-c2ccc(Cl)cc2)c(=O)c(C)nn1-c1ccc(C)cc1. The molecule has 0 unspecified atom stereocenters. The van der Waals surface area contributed by atoms with E-state index in [0.29, 0.717) is 40.5 Å². The summed E-state index contributed by atoms with van der Waals surface area (Å²) < 4.78 is 1.62. The summed E-state index contributed by atoms with van der Waals surface area (Å²) in [5.41, 5.74) is 3.06. The van der Waals surface area contributed by atoms with Crippen molar-refractivity contribution >= 4 is 23.3 Å². The largest absolute Gasteiger partial charge is 0.310 e. The first kappa shape index (κ1) is 19.8. The van der Waals surface area contributed by atoms with Gasteiger partial charge in [-0.3, -0.25) is 9.59 Å². The summed E-state index contributed by atoms with van der Waals surface area (Å²) in [7, 11) is 0. The number of nitrogens with zero attached hydrogens (tertiary/aromatic N) is 2. The van der Waals surface area contributed by atoms with Gasteiger partial charge >= 0.3 is 0 Å². The van der Waals surface area contributed by atoms with Crippen LogP contribution in [0.1, 0.15) is 31.0 Å². The average Bonchev–Trinajstić information content (AvgIpc) is 2.67. The predicted octanol–water partition coefficient (Wildman–Crippen LogP) is 4.91. The molecule has 5 nitrogen and oxygen atoms in total. The van der Waals surface area contributed by atoms with Crippen LogP contribution in [0.5, 0.6) is 0 Å². The fourth-order valence-electron chi connectivity index (χ4n) is 2.93. The molecule has 1 N–H and O–H groups in total. The van der Waals surface area contributed by atoms with Crippen LogP contribution in [0.4, 0.5) is 5.82 Å². The van der Waals surface area contributed by atoms with Crippen molar-refractivity contribution in [1.29, 1.82) is 0 Å². The summed E-state index contributed by atoms with van der Waals surface area (Å²) >= 11 is 6.01. The predicted molar refractivity (Wildman–Crippen MR) is 113 cm³/mol. The highest BCUT2D eigenvalue weighted by Crippen LogP contribution is 2.28. The zero-order chi connectivity index (χ0) is 20.3. The van der Waals surface area contributed by atoms with Crippen molar-refractivity contribution < 1.29 is 4.79 Å². The molecular formula is C22H22ClN3O2.